The van der Waals surface area contributed by atoms with Gasteiger partial charge >= 0.3 is 0 Å². The van der Waals surface area contributed by atoms with Crippen molar-refractivity contribution in [2.24, 2.45) is 0 Å². The molecule has 3 N–H and O–H groups in total. The van der Waals surface area contributed by atoms with Gasteiger partial charge in [0.25, 0.3) is 10.1 Å². The molecule has 0 rings (SSSR count). The maximum atomic E-state index is 10.5. The summed E-state index contributed by atoms with van der Waals surface area (Å²) < 4.78 is 29.4. The van der Waals surface area contributed by atoms with Gasteiger partial charge < -0.3 is 5.11 Å². The summed E-state index contributed by atoms with van der Waals surface area (Å²) in [6.45, 7) is 4.63. The summed E-state index contributed by atoms with van der Waals surface area (Å²) in [4.78, 5) is 0. The fraction of sp³-hybridized carbons (Fsp3) is 1.00. The van der Waals surface area contributed by atoms with Gasteiger partial charge in [0.2, 0.25) is 0 Å². The molecule has 0 aliphatic heterocycles. The molecule has 0 spiro atoms. The molecule has 0 aromatic carbocycles. The molecule has 5 nitrogen and oxygen atoms in total. The molecule has 0 saturated carbocycles. The molecule has 74 valence electrons. The third kappa shape index (κ3) is 6.53. The van der Waals surface area contributed by atoms with Crippen molar-refractivity contribution in [1.82, 2.24) is 5.32 Å². The zero-order valence-corrected chi connectivity index (χ0v) is 8.22. The van der Waals surface area contributed by atoms with Crippen molar-refractivity contribution in [3.63, 3.8) is 0 Å². The van der Waals surface area contributed by atoms with E-state index < -0.39 is 27.6 Å². The first-order valence-electron chi connectivity index (χ1n) is 3.53. The lowest BCUT2D eigenvalue weighted by Gasteiger charge is -2.26. The van der Waals surface area contributed by atoms with Gasteiger partial charge in [-0.2, -0.15) is 8.42 Å². The van der Waals surface area contributed by atoms with Gasteiger partial charge in [-0.05, 0) is 20.8 Å². The van der Waals surface area contributed by atoms with Crippen LogP contribution in [0.4, 0.5) is 0 Å². The molecule has 0 aliphatic carbocycles. The van der Waals surface area contributed by atoms with Crippen LogP contribution >= 0.6 is 0 Å². The second kappa shape index (κ2) is 3.69. The van der Waals surface area contributed by atoms with Crippen LogP contribution in [0.15, 0.2) is 0 Å². The van der Waals surface area contributed by atoms with Crippen molar-refractivity contribution in [3.8, 4) is 0 Å². The van der Waals surface area contributed by atoms with Crippen LogP contribution in [-0.2, 0) is 10.1 Å². The van der Waals surface area contributed by atoms with Gasteiger partial charge in [-0.1, -0.05) is 0 Å². The van der Waals surface area contributed by atoms with Crippen LogP contribution in [0.1, 0.15) is 20.8 Å². The number of hydrogen-bond donors (Lipinski definition) is 3. The highest BCUT2D eigenvalue weighted by atomic mass is 32.2. The molecule has 0 radical (unpaired) electrons. The predicted molar refractivity (Wildman–Crippen MR) is 45.3 cm³/mol. The first kappa shape index (κ1) is 11.8. The number of rotatable bonds is 4. The van der Waals surface area contributed by atoms with Crippen molar-refractivity contribution in [1.29, 1.82) is 0 Å². The minimum absolute atomic E-state index is 0.426. The van der Waals surface area contributed by atoms with Crippen molar-refractivity contribution in [2.75, 3.05) is 5.75 Å². The second-order valence-corrected chi connectivity index (χ2v) is 4.88. The Labute approximate surface area is 72.5 Å². The highest BCUT2D eigenvalue weighted by molar-refractivity contribution is 7.85. The van der Waals surface area contributed by atoms with Gasteiger partial charge in [-0.3, -0.25) is 9.87 Å². The molecule has 0 bridgehead atoms. The van der Waals surface area contributed by atoms with Crippen molar-refractivity contribution in [3.05, 3.63) is 0 Å². The average Bonchev–Trinajstić information content (AvgIpc) is 1.48. The van der Waals surface area contributed by atoms with Crippen LogP contribution < -0.4 is 5.32 Å². The van der Waals surface area contributed by atoms with E-state index in [0.717, 1.165) is 0 Å². The van der Waals surface area contributed by atoms with E-state index in [-0.39, 0.29) is 0 Å². The monoisotopic (exact) mass is 197 g/mol. The number of hydrogen-bond acceptors (Lipinski definition) is 4. The van der Waals surface area contributed by atoms with Crippen LogP contribution in [0, 0.1) is 0 Å². The standard InChI is InChI=1S/C6H15NO4S/c1-5(8)7-6(2,3)4-12(9,10)11/h5,7-8H,4H2,1-3H3,(H,9,10,11). The van der Waals surface area contributed by atoms with E-state index in [2.05, 4.69) is 5.32 Å². The Bertz CT molecular complexity index is 232. The van der Waals surface area contributed by atoms with Crippen LogP contribution in [0.2, 0.25) is 0 Å². The minimum Gasteiger partial charge on any atom is -0.379 e. The van der Waals surface area contributed by atoms with Gasteiger partial charge in [-0.15, -0.1) is 0 Å². The number of nitrogens with one attached hydrogen (secondary N) is 1. The summed E-state index contributed by atoms with van der Waals surface area (Å²) in [6.07, 6.45) is -0.804. The van der Waals surface area contributed by atoms with Gasteiger partial charge in [0, 0.05) is 5.54 Å². The molecular formula is C6H15NO4S. The molecule has 0 aliphatic rings. The Hall–Kier alpha value is -0.170. The molecule has 0 saturated heterocycles. The zero-order valence-electron chi connectivity index (χ0n) is 7.40. The molecule has 0 aromatic rings. The maximum absolute atomic E-state index is 10.5. The molecule has 0 amide bonds. The van der Waals surface area contributed by atoms with E-state index in [4.69, 9.17) is 9.66 Å². The zero-order chi connectivity index (χ0) is 9.99. The second-order valence-electron chi connectivity index (χ2n) is 3.43. The Balaban J connectivity index is 4.23. The fourth-order valence-electron chi connectivity index (χ4n) is 1.06. The lowest BCUT2D eigenvalue weighted by atomic mass is 10.1. The smallest absolute Gasteiger partial charge is 0.266 e. The molecule has 6 heteroatoms. The van der Waals surface area contributed by atoms with E-state index in [9.17, 15) is 8.42 Å². The van der Waals surface area contributed by atoms with E-state index in [1.54, 1.807) is 13.8 Å². The van der Waals surface area contributed by atoms with Gasteiger partial charge in [0.1, 0.15) is 6.23 Å². The largest absolute Gasteiger partial charge is 0.379 e. The Kier molecular flexibility index (Phi) is 3.64. The Morgan fingerprint density at radius 2 is 1.92 bits per heavy atom. The molecular weight excluding hydrogens is 182 g/mol. The van der Waals surface area contributed by atoms with Crippen LogP contribution in [-0.4, -0.2) is 35.6 Å². The lowest BCUT2D eigenvalue weighted by molar-refractivity contribution is 0.124. The highest BCUT2D eigenvalue weighted by Gasteiger charge is 2.25. The number of aliphatic hydroxyl groups excluding tert-OH is 1. The van der Waals surface area contributed by atoms with Crippen LogP contribution in [0.5, 0.6) is 0 Å². The van der Waals surface area contributed by atoms with Crippen molar-refractivity contribution < 1.29 is 18.1 Å². The quantitative estimate of drug-likeness (QED) is 0.421. The lowest BCUT2D eigenvalue weighted by Crippen LogP contribution is -2.49. The summed E-state index contributed by atoms with van der Waals surface area (Å²) in [5.74, 6) is -0.426. The summed E-state index contributed by atoms with van der Waals surface area (Å²) >= 11 is 0. The van der Waals surface area contributed by atoms with E-state index in [1.807, 2.05) is 0 Å². The molecule has 12 heavy (non-hydrogen) atoms. The van der Waals surface area contributed by atoms with Crippen LogP contribution in [0.25, 0.3) is 0 Å². The minimum atomic E-state index is -4.00. The maximum Gasteiger partial charge on any atom is 0.266 e. The van der Waals surface area contributed by atoms with Gasteiger partial charge in [-0.25, -0.2) is 0 Å². The molecule has 1 atom stereocenters. The summed E-state index contributed by atoms with van der Waals surface area (Å²) in [5.41, 5.74) is -0.832. The third-order valence-corrected chi connectivity index (χ3v) is 2.23. The van der Waals surface area contributed by atoms with E-state index in [1.165, 1.54) is 6.92 Å². The van der Waals surface area contributed by atoms with Crippen molar-refractivity contribution >= 4 is 10.1 Å². The van der Waals surface area contributed by atoms with Gasteiger partial charge in [0.15, 0.2) is 0 Å². The topological polar surface area (TPSA) is 86.6 Å². The molecule has 0 fully saturated rings. The highest BCUT2D eigenvalue weighted by Crippen LogP contribution is 2.06. The fourth-order valence-corrected chi connectivity index (χ4v) is 2.06. The molecule has 0 heterocycles. The van der Waals surface area contributed by atoms with E-state index >= 15 is 0 Å². The molecule has 1 unspecified atom stereocenters. The number of aliphatic hydroxyl groups is 1. The Morgan fingerprint density at radius 1 is 1.50 bits per heavy atom. The first-order valence-corrected chi connectivity index (χ1v) is 5.14. The average molecular weight is 197 g/mol. The predicted octanol–water partition coefficient (Wildman–Crippen LogP) is -0.419. The summed E-state index contributed by atoms with van der Waals surface area (Å²) in [5, 5.41) is 11.5. The van der Waals surface area contributed by atoms with Crippen molar-refractivity contribution in [2.45, 2.75) is 32.5 Å². The summed E-state index contributed by atoms with van der Waals surface area (Å²) in [6, 6.07) is 0. The Morgan fingerprint density at radius 3 is 2.17 bits per heavy atom. The summed E-state index contributed by atoms with van der Waals surface area (Å²) in [7, 11) is -4.00. The first-order chi connectivity index (χ1) is 5.12. The van der Waals surface area contributed by atoms with Crippen LogP contribution in [0.3, 0.4) is 0 Å². The normalized spacial score (nSPS) is 16.1. The van der Waals surface area contributed by atoms with Gasteiger partial charge in [0.05, 0.1) is 5.75 Å². The SMILES string of the molecule is CC(O)NC(C)(C)CS(=O)(=O)O. The third-order valence-electron chi connectivity index (χ3n) is 1.14. The van der Waals surface area contributed by atoms with E-state index in [0.29, 0.717) is 0 Å². The molecule has 0 aromatic heterocycles.